The summed E-state index contributed by atoms with van der Waals surface area (Å²) >= 11 is 0. The van der Waals surface area contributed by atoms with Crippen molar-refractivity contribution in [1.82, 2.24) is 10.6 Å². The first-order valence-corrected chi connectivity index (χ1v) is 11.6. The molecular weight excluding hydrogens is 444 g/mol. The van der Waals surface area contributed by atoms with Crippen LogP contribution in [-0.2, 0) is 14.3 Å². The summed E-state index contributed by atoms with van der Waals surface area (Å²) < 4.78 is 5.60. The average molecular weight is 473 g/mol. The van der Waals surface area contributed by atoms with Gasteiger partial charge in [-0.25, -0.2) is 9.59 Å². The van der Waals surface area contributed by atoms with Gasteiger partial charge in [0.1, 0.15) is 18.7 Å². The molecule has 0 fully saturated rings. The molecule has 3 aromatic rings. The molecule has 4 rings (SSSR count). The molecule has 0 saturated heterocycles. The maximum Gasteiger partial charge on any atom is 0.408 e. The molecule has 1 aliphatic rings. The van der Waals surface area contributed by atoms with Crippen LogP contribution < -0.4 is 10.6 Å². The van der Waals surface area contributed by atoms with E-state index in [2.05, 4.69) is 22.8 Å². The predicted octanol–water partition coefficient (Wildman–Crippen LogP) is 4.49. The van der Waals surface area contributed by atoms with Gasteiger partial charge < -0.3 is 20.5 Å². The van der Waals surface area contributed by atoms with Crippen LogP contribution in [0.4, 0.5) is 4.79 Å². The monoisotopic (exact) mass is 472 g/mol. The van der Waals surface area contributed by atoms with Gasteiger partial charge in [-0.3, -0.25) is 4.79 Å². The van der Waals surface area contributed by atoms with Gasteiger partial charge in [-0.15, -0.1) is 0 Å². The van der Waals surface area contributed by atoms with Gasteiger partial charge in [-0.2, -0.15) is 0 Å². The molecule has 180 valence electrons. The fourth-order valence-corrected chi connectivity index (χ4v) is 4.45. The first-order valence-electron chi connectivity index (χ1n) is 11.6. The minimum atomic E-state index is -1.14. The van der Waals surface area contributed by atoms with Gasteiger partial charge in [0.2, 0.25) is 5.91 Å². The zero-order valence-electron chi connectivity index (χ0n) is 19.6. The topological polar surface area (TPSA) is 105 Å². The van der Waals surface area contributed by atoms with Crippen molar-refractivity contribution in [2.45, 2.75) is 31.8 Å². The van der Waals surface area contributed by atoms with Crippen LogP contribution in [-0.4, -0.2) is 35.7 Å². The molecule has 0 radical (unpaired) electrons. The number of carboxylic acid groups (broad SMARTS) is 1. The zero-order valence-corrected chi connectivity index (χ0v) is 19.6. The lowest BCUT2D eigenvalue weighted by molar-refractivity contribution is -0.143. The van der Waals surface area contributed by atoms with Gasteiger partial charge in [0.15, 0.2) is 0 Å². The van der Waals surface area contributed by atoms with Gasteiger partial charge >= 0.3 is 12.1 Å². The summed E-state index contributed by atoms with van der Waals surface area (Å²) in [5.41, 5.74) is 4.92. The molecule has 7 nitrogen and oxygen atoms in total. The third-order valence-corrected chi connectivity index (χ3v) is 6.23. The highest BCUT2D eigenvalue weighted by atomic mass is 16.5. The van der Waals surface area contributed by atoms with E-state index >= 15 is 0 Å². The predicted molar refractivity (Wildman–Crippen MR) is 132 cm³/mol. The van der Waals surface area contributed by atoms with Crippen LogP contribution in [0.15, 0.2) is 78.9 Å². The molecule has 0 saturated carbocycles. The molecule has 7 heteroatoms. The van der Waals surface area contributed by atoms with Gasteiger partial charge in [0.05, 0.1) is 0 Å². The van der Waals surface area contributed by atoms with Gasteiger partial charge in [-0.05, 0) is 33.7 Å². The Kier molecular flexibility index (Phi) is 7.15. The average Bonchev–Trinajstić information content (AvgIpc) is 3.18. The number of hydrogen-bond acceptors (Lipinski definition) is 4. The van der Waals surface area contributed by atoms with E-state index in [0.29, 0.717) is 5.56 Å². The van der Waals surface area contributed by atoms with Crippen LogP contribution in [0.1, 0.15) is 42.5 Å². The summed E-state index contributed by atoms with van der Waals surface area (Å²) in [7, 11) is 0. The van der Waals surface area contributed by atoms with Crippen molar-refractivity contribution in [1.29, 1.82) is 0 Å². The Morgan fingerprint density at radius 1 is 0.829 bits per heavy atom. The Morgan fingerprint density at radius 3 is 1.91 bits per heavy atom. The van der Waals surface area contributed by atoms with Gasteiger partial charge in [0.25, 0.3) is 0 Å². The number of amides is 2. The van der Waals surface area contributed by atoms with Gasteiger partial charge in [0, 0.05) is 5.92 Å². The molecule has 0 spiro atoms. The second-order valence-electron chi connectivity index (χ2n) is 8.88. The van der Waals surface area contributed by atoms with E-state index in [1.807, 2.05) is 36.4 Å². The van der Waals surface area contributed by atoms with Crippen molar-refractivity contribution in [3.8, 4) is 11.1 Å². The molecule has 0 unspecified atom stereocenters. The minimum Gasteiger partial charge on any atom is -0.480 e. The Labute approximate surface area is 204 Å². The summed E-state index contributed by atoms with van der Waals surface area (Å²) in [4.78, 5) is 37.5. The van der Waals surface area contributed by atoms with Crippen molar-refractivity contribution in [2.75, 3.05) is 6.61 Å². The first-order chi connectivity index (χ1) is 16.9. The van der Waals surface area contributed by atoms with Crippen molar-refractivity contribution < 1.29 is 24.2 Å². The SMILES string of the molecule is CC(C)[C@H](NC(=O)[C@@H](NC(=O)OCC1c2ccccc2-c2ccccc21)c1ccccc1)C(=O)O. The van der Waals surface area contributed by atoms with Crippen LogP contribution >= 0.6 is 0 Å². The van der Waals surface area contributed by atoms with E-state index in [1.54, 1.807) is 44.2 Å². The van der Waals surface area contributed by atoms with Crippen molar-refractivity contribution in [2.24, 2.45) is 5.92 Å². The van der Waals surface area contributed by atoms with E-state index in [4.69, 9.17) is 4.74 Å². The van der Waals surface area contributed by atoms with Crippen LogP contribution in [0, 0.1) is 5.92 Å². The quantitative estimate of drug-likeness (QED) is 0.448. The Morgan fingerprint density at radius 2 is 1.37 bits per heavy atom. The second kappa shape index (κ2) is 10.4. The maximum atomic E-state index is 13.0. The molecule has 1 aliphatic carbocycles. The molecular formula is C28H28N2O5. The zero-order chi connectivity index (χ0) is 24.9. The third kappa shape index (κ3) is 5.19. The maximum absolute atomic E-state index is 13.0. The Hall–Kier alpha value is -4.13. The number of alkyl carbamates (subject to hydrolysis) is 1. The lowest BCUT2D eigenvalue weighted by Gasteiger charge is -2.23. The number of nitrogens with one attached hydrogen (secondary N) is 2. The fraction of sp³-hybridized carbons (Fsp3) is 0.250. The van der Waals surface area contributed by atoms with E-state index in [-0.39, 0.29) is 18.4 Å². The number of hydrogen-bond donors (Lipinski definition) is 3. The van der Waals surface area contributed by atoms with Crippen LogP contribution in [0.2, 0.25) is 0 Å². The molecule has 2 atom stereocenters. The van der Waals surface area contributed by atoms with Crippen molar-refractivity contribution in [3.05, 3.63) is 95.6 Å². The van der Waals surface area contributed by atoms with E-state index < -0.39 is 30.1 Å². The van der Waals surface area contributed by atoms with Crippen LogP contribution in [0.3, 0.4) is 0 Å². The number of rotatable bonds is 8. The normalized spacial score (nSPS) is 13.9. The van der Waals surface area contributed by atoms with E-state index in [0.717, 1.165) is 22.3 Å². The number of carboxylic acids is 1. The summed E-state index contributed by atoms with van der Waals surface area (Å²) in [5.74, 6) is -2.20. The second-order valence-corrected chi connectivity index (χ2v) is 8.88. The molecule has 0 bridgehead atoms. The number of fused-ring (bicyclic) bond motifs is 3. The van der Waals surface area contributed by atoms with Crippen LogP contribution in [0.25, 0.3) is 11.1 Å². The minimum absolute atomic E-state index is 0.104. The number of benzene rings is 3. The lowest BCUT2D eigenvalue weighted by atomic mass is 9.98. The number of carbonyl (C=O) groups excluding carboxylic acids is 2. The lowest BCUT2D eigenvalue weighted by Crippen LogP contribution is -2.49. The number of carbonyl (C=O) groups is 3. The largest absolute Gasteiger partial charge is 0.480 e. The molecule has 3 aromatic carbocycles. The molecule has 35 heavy (non-hydrogen) atoms. The highest BCUT2D eigenvalue weighted by Crippen LogP contribution is 2.44. The Balaban J connectivity index is 1.49. The van der Waals surface area contributed by atoms with Gasteiger partial charge in [-0.1, -0.05) is 92.7 Å². The summed E-state index contributed by atoms with van der Waals surface area (Å²) in [6.07, 6.45) is -0.757. The summed E-state index contributed by atoms with van der Waals surface area (Å²) in [6.45, 7) is 3.51. The summed E-state index contributed by atoms with van der Waals surface area (Å²) in [5, 5.41) is 14.6. The van der Waals surface area contributed by atoms with Crippen LogP contribution in [0.5, 0.6) is 0 Å². The number of aliphatic carboxylic acids is 1. The standard InChI is InChI=1S/C28H28N2O5/c1-17(2)24(27(32)33)29-26(31)25(18-10-4-3-5-11-18)30-28(34)35-16-23-21-14-8-6-12-19(21)20-13-7-9-15-22(20)23/h3-15,17,23-25H,16H2,1-2H3,(H,29,31)(H,30,34)(H,32,33)/t24-,25-/m0/s1. The molecule has 0 aromatic heterocycles. The Bertz CT molecular complexity index is 1180. The van der Waals surface area contributed by atoms with Crippen molar-refractivity contribution >= 4 is 18.0 Å². The van der Waals surface area contributed by atoms with Crippen molar-refractivity contribution in [3.63, 3.8) is 0 Å². The third-order valence-electron chi connectivity index (χ3n) is 6.23. The highest BCUT2D eigenvalue weighted by molar-refractivity contribution is 5.90. The molecule has 3 N–H and O–H groups in total. The van der Waals surface area contributed by atoms with E-state index in [9.17, 15) is 19.5 Å². The number of ether oxygens (including phenoxy) is 1. The molecule has 2 amide bonds. The van der Waals surface area contributed by atoms with E-state index in [1.165, 1.54) is 0 Å². The summed E-state index contributed by atoms with van der Waals surface area (Å²) in [6, 6.07) is 22.5. The molecule has 0 aliphatic heterocycles. The first kappa shape index (κ1) is 24.0. The fourth-order valence-electron chi connectivity index (χ4n) is 4.45. The highest BCUT2D eigenvalue weighted by Gasteiger charge is 2.32. The molecule has 0 heterocycles. The smallest absolute Gasteiger partial charge is 0.408 e.